The number of amides is 1. The fraction of sp³-hybridized carbons (Fsp3) is 0.308. The quantitative estimate of drug-likeness (QED) is 0.267. The van der Waals surface area contributed by atoms with Gasteiger partial charge in [0.2, 0.25) is 5.91 Å². The average Bonchev–Trinajstić information content (AvgIpc) is 2.87. The van der Waals surface area contributed by atoms with Gasteiger partial charge in [0.05, 0.1) is 11.0 Å². The highest BCUT2D eigenvalue weighted by Gasteiger charge is 2.14. The number of benzene rings is 2. The minimum Gasteiger partial charge on any atom is -0.387 e. The van der Waals surface area contributed by atoms with Crippen LogP contribution in [0.4, 0.5) is 11.4 Å². The predicted octanol–water partition coefficient (Wildman–Crippen LogP) is 3.88. The molecule has 0 aliphatic carbocycles. The van der Waals surface area contributed by atoms with E-state index < -0.39 is 16.1 Å². The number of nitrogens with zero attached hydrogens (tertiary/aromatic N) is 1. The molecule has 0 aliphatic rings. The first-order valence-electron chi connectivity index (χ1n) is 11.7. The van der Waals surface area contributed by atoms with Crippen LogP contribution < -0.4 is 15.4 Å². The minimum absolute atomic E-state index is 0.0828. The maximum Gasteiger partial charge on any atom is 0.261 e. The highest BCUT2D eigenvalue weighted by molar-refractivity contribution is 7.92. The molecule has 0 bridgehead atoms. The summed E-state index contributed by atoms with van der Waals surface area (Å²) in [5.74, 6) is -0.0828. The van der Waals surface area contributed by atoms with Crippen molar-refractivity contribution in [1.29, 1.82) is 0 Å². The Labute approximate surface area is 206 Å². The van der Waals surface area contributed by atoms with E-state index in [4.69, 9.17) is 0 Å². The molecule has 0 saturated carbocycles. The van der Waals surface area contributed by atoms with Crippen molar-refractivity contribution < 1.29 is 18.3 Å². The monoisotopic (exact) mass is 496 g/mol. The summed E-state index contributed by atoms with van der Waals surface area (Å²) in [6.07, 6.45) is 5.62. The molecule has 2 aromatic carbocycles. The summed E-state index contributed by atoms with van der Waals surface area (Å²) in [5, 5.41) is 16.1. The molecule has 1 atom stereocenters. The van der Waals surface area contributed by atoms with Gasteiger partial charge in [-0.2, -0.15) is 0 Å². The summed E-state index contributed by atoms with van der Waals surface area (Å²) in [4.78, 5) is 16.0. The number of hydrogen-bond acceptors (Lipinski definition) is 6. The van der Waals surface area contributed by atoms with Gasteiger partial charge < -0.3 is 15.7 Å². The number of pyridine rings is 1. The Morgan fingerprint density at radius 1 is 1.03 bits per heavy atom. The Bertz CT molecular complexity index is 1170. The van der Waals surface area contributed by atoms with Gasteiger partial charge in [-0.05, 0) is 67.4 Å². The summed E-state index contributed by atoms with van der Waals surface area (Å²) in [6.45, 7) is 3.11. The normalized spacial score (nSPS) is 12.2. The molecule has 8 nitrogen and oxygen atoms in total. The molecule has 3 rings (SSSR count). The number of anilines is 2. The molecule has 0 spiro atoms. The molecular formula is C26H32N4O4S. The van der Waals surface area contributed by atoms with Crippen molar-refractivity contribution in [3.63, 3.8) is 0 Å². The number of aliphatic hydroxyl groups is 1. The van der Waals surface area contributed by atoms with Gasteiger partial charge in [0.25, 0.3) is 10.0 Å². The van der Waals surface area contributed by atoms with Crippen LogP contribution in [0.5, 0.6) is 0 Å². The van der Waals surface area contributed by atoms with Gasteiger partial charge in [-0.15, -0.1) is 0 Å². The zero-order chi connectivity index (χ0) is 25.1. The molecule has 0 saturated heterocycles. The minimum atomic E-state index is -3.75. The first-order valence-corrected chi connectivity index (χ1v) is 13.2. The van der Waals surface area contributed by atoms with Crippen LogP contribution >= 0.6 is 0 Å². The molecule has 9 heteroatoms. The number of aliphatic hydroxyl groups excluding tert-OH is 1. The topological polar surface area (TPSA) is 120 Å². The average molecular weight is 497 g/mol. The van der Waals surface area contributed by atoms with Gasteiger partial charge in [0, 0.05) is 42.3 Å². The lowest BCUT2D eigenvalue weighted by Gasteiger charge is -2.12. The largest absolute Gasteiger partial charge is 0.387 e. The fourth-order valence-corrected chi connectivity index (χ4v) is 4.45. The van der Waals surface area contributed by atoms with Gasteiger partial charge in [-0.25, -0.2) is 8.42 Å². The molecule has 1 heterocycles. The van der Waals surface area contributed by atoms with E-state index >= 15 is 0 Å². The molecule has 4 N–H and O–H groups in total. The van der Waals surface area contributed by atoms with Gasteiger partial charge in [-0.1, -0.05) is 31.5 Å². The second-order valence-corrected chi connectivity index (χ2v) is 9.92. The Kier molecular flexibility index (Phi) is 9.77. The zero-order valence-electron chi connectivity index (χ0n) is 19.8. The highest BCUT2D eigenvalue weighted by Crippen LogP contribution is 2.19. The van der Waals surface area contributed by atoms with Crippen LogP contribution in [0.25, 0.3) is 0 Å². The lowest BCUT2D eigenvalue weighted by Crippen LogP contribution is -2.23. The zero-order valence-corrected chi connectivity index (χ0v) is 20.6. The molecule has 186 valence electrons. The third kappa shape index (κ3) is 8.47. The van der Waals surface area contributed by atoms with E-state index in [0.717, 1.165) is 30.4 Å². The van der Waals surface area contributed by atoms with Crippen LogP contribution in [0.3, 0.4) is 0 Å². The smallest absolute Gasteiger partial charge is 0.261 e. The number of hydrogen-bond donors (Lipinski definition) is 4. The highest BCUT2D eigenvalue weighted by atomic mass is 32.2. The third-order valence-electron chi connectivity index (χ3n) is 5.41. The van der Waals surface area contributed by atoms with Crippen LogP contribution in [0.15, 0.2) is 78.0 Å². The van der Waals surface area contributed by atoms with Crippen molar-refractivity contribution in [1.82, 2.24) is 10.3 Å². The summed E-state index contributed by atoms with van der Waals surface area (Å²) in [7, 11) is -3.75. The Balaban J connectivity index is 1.47. The van der Waals surface area contributed by atoms with E-state index in [0.29, 0.717) is 30.9 Å². The summed E-state index contributed by atoms with van der Waals surface area (Å²) in [6, 6.07) is 16.9. The van der Waals surface area contributed by atoms with E-state index in [2.05, 4.69) is 20.3 Å². The molecule has 0 radical (unpaired) electrons. The van der Waals surface area contributed by atoms with Crippen molar-refractivity contribution in [2.75, 3.05) is 23.1 Å². The summed E-state index contributed by atoms with van der Waals surface area (Å²) in [5.41, 5.74) is 2.84. The molecule has 1 aromatic heterocycles. The first-order chi connectivity index (χ1) is 16.9. The number of aromatic nitrogens is 1. The molecule has 0 fully saturated rings. The van der Waals surface area contributed by atoms with Crippen molar-refractivity contribution in [2.45, 2.75) is 43.6 Å². The summed E-state index contributed by atoms with van der Waals surface area (Å²) < 4.78 is 28.0. The fourth-order valence-electron chi connectivity index (χ4n) is 3.39. The van der Waals surface area contributed by atoms with Gasteiger partial charge >= 0.3 is 0 Å². The standard InChI is InChI=1S/C26H32N4O4S/c1-2-3-6-26(32)29-22-11-13-24(14-12-22)35(33,34)30-23-9-7-20(8-10-23)15-17-28-19-25(31)21-5-4-16-27-18-21/h4-5,7-14,16,18,25,28,30-31H,2-3,6,15,17,19H2,1H3,(H,29,32)/t25-/m0/s1. The van der Waals surface area contributed by atoms with Crippen molar-refractivity contribution in [2.24, 2.45) is 0 Å². The lowest BCUT2D eigenvalue weighted by atomic mass is 10.1. The van der Waals surface area contributed by atoms with Crippen LogP contribution in [0, 0.1) is 0 Å². The third-order valence-corrected chi connectivity index (χ3v) is 6.81. The lowest BCUT2D eigenvalue weighted by molar-refractivity contribution is -0.116. The molecule has 35 heavy (non-hydrogen) atoms. The van der Waals surface area contributed by atoms with Gasteiger partial charge in [0.1, 0.15) is 0 Å². The van der Waals surface area contributed by atoms with Crippen LogP contribution in [0.2, 0.25) is 0 Å². The molecule has 3 aromatic rings. The second kappa shape index (κ2) is 13.0. The number of unbranched alkanes of at least 4 members (excludes halogenated alkanes) is 1. The van der Waals surface area contributed by atoms with Crippen molar-refractivity contribution >= 4 is 27.3 Å². The molecule has 1 amide bonds. The SMILES string of the molecule is CCCCC(=O)Nc1ccc(S(=O)(=O)Nc2ccc(CCNC[C@H](O)c3cccnc3)cc2)cc1. The van der Waals surface area contributed by atoms with E-state index in [1.165, 1.54) is 12.1 Å². The van der Waals surface area contributed by atoms with E-state index in [1.807, 2.05) is 25.1 Å². The van der Waals surface area contributed by atoms with Crippen LogP contribution in [0.1, 0.15) is 43.4 Å². The van der Waals surface area contributed by atoms with Gasteiger partial charge in [-0.3, -0.25) is 14.5 Å². The van der Waals surface area contributed by atoms with E-state index in [9.17, 15) is 18.3 Å². The number of rotatable bonds is 13. The molecular weight excluding hydrogens is 464 g/mol. The van der Waals surface area contributed by atoms with Gasteiger partial charge in [0.15, 0.2) is 0 Å². The second-order valence-electron chi connectivity index (χ2n) is 8.23. The Hall–Kier alpha value is -3.27. The Morgan fingerprint density at radius 3 is 2.40 bits per heavy atom. The van der Waals surface area contributed by atoms with Crippen LogP contribution in [-0.4, -0.2) is 37.5 Å². The van der Waals surface area contributed by atoms with E-state index in [-0.39, 0.29) is 10.8 Å². The predicted molar refractivity (Wildman–Crippen MR) is 138 cm³/mol. The first kappa shape index (κ1) is 26.3. The van der Waals surface area contributed by atoms with Crippen LogP contribution in [-0.2, 0) is 21.2 Å². The van der Waals surface area contributed by atoms with Crippen molar-refractivity contribution in [3.05, 3.63) is 84.2 Å². The number of carbonyl (C=O) groups excluding carboxylic acids is 1. The van der Waals surface area contributed by atoms with Crippen molar-refractivity contribution in [3.8, 4) is 0 Å². The summed E-state index contributed by atoms with van der Waals surface area (Å²) >= 11 is 0. The van der Waals surface area contributed by atoms with E-state index in [1.54, 1.807) is 42.7 Å². The molecule has 0 unspecified atom stereocenters. The molecule has 0 aliphatic heterocycles. The number of sulfonamides is 1. The number of carbonyl (C=O) groups is 1. The Morgan fingerprint density at radius 2 is 1.74 bits per heavy atom. The maximum absolute atomic E-state index is 12.7. The maximum atomic E-state index is 12.7. The number of nitrogens with one attached hydrogen (secondary N) is 3.